The molecule has 136 valence electrons. The van der Waals surface area contributed by atoms with Crippen molar-refractivity contribution in [1.82, 2.24) is 19.5 Å². The number of nitrogens with one attached hydrogen (secondary N) is 2. The minimum absolute atomic E-state index is 0.0473. The summed E-state index contributed by atoms with van der Waals surface area (Å²) < 4.78 is 15.0. The molecule has 0 unspecified atom stereocenters. The van der Waals surface area contributed by atoms with Gasteiger partial charge in [0.15, 0.2) is 5.65 Å². The molecule has 2 aromatic carbocycles. The molecule has 0 spiro atoms. The number of hydrogen-bond acceptors (Lipinski definition) is 5. The van der Waals surface area contributed by atoms with Crippen LogP contribution in [0.4, 0.5) is 10.3 Å². The summed E-state index contributed by atoms with van der Waals surface area (Å²) >= 11 is 0. The molecule has 2 aromatic heterocycles. The number of hydrogen-bond donors (Lipinski definition) is 3. The van der Waals surface area contributed by atoms with E-state index in [9.17, 15) is 14.3 Å². The van der Waals surface area contributed by atoms with E-state index in [-0.39, 0.29) is 17.3 Å². The molecule has 2 heterocycles. The lowest BCUT2D eigenvalue weighted by Gasteiger charge is -2.07. The van der Waals surface area contributed by atoms with E-state index in [1.54, 1.807) is 30.3 Å². The van der Waals surface area contributed by atoms with E-state index in [1.165, 1.54) is 29.0 Å². The quantitative estimate of drug-likeness (QED) is 0.505. The van der Waals surface area contributed by atoms with Gasteiger partial charge >= 0.3 is 5.69 Å². The Morgan fingerprint density at radius 1 is 1.19 bits per heavy atom. The predicted octanol–water partition coefficient (Wildman–Crippen LogP) is 2.61. The summed E-state index contributed by atoms with van der Waals surface area (Å²) in [5.41, 5.74) is 1.57. The number of H-pyrrole nitrogens is 1. The van der Waals surface area contributed by atoms with E-state index in [4.69, 9.17) is 0 Å². The first-order valence-electron chi connectivity index (χ1n) is 8.36. The van der Waals surface area contributed by atoms with Crippen LogP contribution in [0.2, 0.25) is 0 Å². The molecule has 0 saturated carbocycles. The van der Waals surface area contributed by atoms with Crippen molar-refractivity contribution in [3.63, 3.8) is 0 Å². The highest BCUT2D eigenvalue weighted by Crippen LogP contribution is 2.18. The summed E-state index contributed by atoms with van der Waals surface area (Å²) in [5, 5.41) is 12.7. The fourth-order valence-electron chi connectivity index (χ4n) is 2.87. The van der Waals surface area contributed by atoms with Crippen molar-refractivity contribution in [3.05, 3.63) is 76.6 Å². The van der Waals surface area contributed by atoms with Crippen molar-refractivity contribution in [2.24, 2.45) is 0 Å². The third kappa shape index (κ3) is 3.37. The van der Waals surface area contributed by atoms with E-state index >= 15 is 0 Å². The first-order valence-corrected chi connectivity index (χ1v) is 8.36. The number of anilines is 1. The molecule has 0 aliphatic heterocycles. The standard InChI is InChI=1S/C19H16FN5O2/c20-15-7-2-1-4-12(15)8-9-21-18-22-11-16-17(24-18)25(19(27)23-16)13-5-3-6-14(26)10-13/h1-7,10-11,26H,8-9H2,(H,23,27)(H,21,22,24). The van der Waals surface area contributed by atoms with Gasteiger partial charge in [0.1, 0.15) is 17.1 Å². The number of phenols is 1. The Morgan fingerprint density at radius 3 is 2.85 bits per heavy atom. The second-order valence-electron chi connectivity index (χ2n) is 5.98. The van der Waals surface area contributed by atoms with Crippen LogP contribution in [-0.4, -0.2) is 31.2 Å². The third-order valence-corrected chi connectivity index (χ3v) is 4.15. The van der Waals surface area contributed by atoms with Crippen molar-refractivity contribution >= 4 is 17.1 Å². The Labute approximate surface area is 153 Å². The fraction of sp³-hybridized carbons (Fsp3) is 0.105. The second-order valence-corrected chi connectivity index (χ2v) is 5.98. The summed E-state index contributed by atoms with van der Waals surface area (Å²) in [6, 6.07) is 12.9. The van der Waals surface area contributed by atoms with E-state index in [2.05, 4.69) is 20.3 Å². The highest BCUT2D eigenvalue weighted by Gasteiger charge is 2.12. The van der Waals surface area contributed by atoms with Gasteiger partial charge in [0.05, 0.1) is 11.9 Å². The number of nitrogens with zero attached hydrogens (tertiary/aromatic N) is 3. The van der Waals surface area contributed by atoms with Gasteiger partial charge in [0, 0.05) is 12.6 Å². The van der Waals surface area contributed by atoms with Crippen LogP contribution in [0.3, 0.4) is 0 Å². The SMILES string of the molecule is O=c1[nH]c2cnc(NCCc3ccccc3F)nc2n1-c1cccc(O)c1. The lowest BCUT2D eigenvalue weighted by molar-refractivity contribution is 0.475. The molecular weight excluding hydrogens is 349 g/mol. The van der Waals surface area contributed by atoms with Crippen molar-refractivity contribution in [2.75, 3.05) is 11.9 Å². The smallest absolute Gasteiger partial charge is 0.332 e. The Kier molecular flexibility index (Phi) is 4.29. The van der Waals surface area contributed by atoms with Gasteiger partial charge in [-0.2, -0.15) is 4.98 Å². The lowest BCUT2D eigenvalue weighted by atomic mass is 10.1. The summed E-state index contributed by atoms with van der Waals surface area (Å²) in [6.07, 6.45) is 1.98. The largest absolute Gasteiger partial charge is 0.508 e. The summed E-state index contributed by atoms with van der Waals surface area (Å²) in [4.78, 5) is 23.5. The molecule has 27 heavy (non-hydrogen) atoms. The normalized spacial score (nSPS) is 11.0. The molecule has 8 heteroatoms. The number of rotatable bonds is 5. The number of aromatic hydroxyl groups is 1. The van der Waals surface area contributed by atoms with Crippen molar-refractivity contribution in [3.8, 4) is 11.4 Å². The van der Waals surface area contributed by atoms with E-state index in [0.29, 0.717) is 41.3 Å². The first kappa shape index (κ1) is 16.8. The van der Waals surface area contributed by atoms with Gasteiger partial charge < -0.3 is 15.4 Å². The number of halogens is 1. The monoisotopic (exact) mass is 365 g/mol. The van der Waals surface area contributed by atoms with Crippen LogP contribution in [0.5, 0.6) is 5.75 Å². The van der Waals surface area contributed by atoms with Crippen molar-refractivity contribution in [1.29, 1.82) is 0 Å². The van der Waals surface area contributed by atoms with Crippen molar-refractivity contribution < 1.29 is 9.50 Å². The van der Waals surface area contributed by atoms with Crippen LogP contribution < -0.4 is 11.0 Å². The minimum Gasteiger partial charge on any atom is -0.508 e. The molecule has 0 atom stereocenters. The van der Waals surface area contributed by atoms with E-state index in [0.717, 1.165) is 0 Å². The highest BCUT2D eigenvalue weighted by molar-refractivity contribution is 5.73. The molecule has 4 rings (SSSR count). The summed E-state index contributed by atoms with van der Waals surface area (Å²) in [6.45, 7) is 0.438. The summed E-state index contributed by atoms with van der Waals surface area (Å²) in [7, 11) is 0. The third-order valence-electron chi connectivity index (χ3n) is 4.15. The molecule has 4 aromatic rings. The van der Waals surface area contributed by atoms with Crippen LogP contribution in [0, 0.1) is 5.82 Å². The van der Waals surface area contributed by atoms with Gasteiger partial charge in [-0.25, -0.2) is 18.7 Å². The maximum absolute atomic E-state index is 13.7. The van der Waals surface area contributed by atoms with Crippen LogP contribution in [0.1, 0.15) is 5.56 Å². The van der Waals surface area contributed by atoms with Crippen LogP contribution in [0.15, 0.2) is 59.5 Å². The number of imidazole rings is 1. The molecule has 0 fully saturated rings. The maximum atomic E-state index is 13.7. The summed E-state index contributed by atoms with van der Waals surface area (Å²) in [5.74, 6) is 0.122. The number of fused-ring (bicyclic) bond motifs is 1. The fourth-order valence-corrected chi connectivity index (χ4v) is 2.87. The van der Waals surface area contributed by atoms with Gasteiger partial charge in [-0.1, -0.05) is 24.3 Å². The Hall–Kier alpha value is -3.68. The second kappa shape index (κ2) is 6.91. The average Bonchev–Trinajstić information content (AvgIpc) is 2.98. The Morgan fingerprint density at radius 2 is 2.04 bits per heavy atom. The molecular formula is C19H16FN5O2. The topological polar surface area (TPSA) is 95.8 Å². The van der Waals surface area contributed by atoms with Gasteiger partial charge in [-0.15, -0.1) is 0 Å². The number of aromatic nitrogens is 4. The van der Waals surface area contributed by atoms with E-state index < -0.39 is 0 Å². The average molecular weight is 365 g/mol. The van der Waals surface area contributed by atoms with E-state index in [1.807, 2.05) is 0 Å². The predicted molar refractivity (Wildman–Crippen MR) is 99.7 cm³/mol. The highest BCUT2D eigenvalue weighted by atomic mass is 19.1. The zero-order chi connectivity index (χ0) is 18.8. The van der Waals surface area contributed by atoms with Gasteiger partial charge in [0.25, 0.3) is 0 Å². The number of aromatic amines is 1. The van der Waals surface area contributed by atoms with Crippen LogP contribution in [-0.2, 0) is 6.42 Å². The Balaban J connectivity index is 1.61. The molecule has 0 radical (unpaired) electrons. The molecule has 0 aliphatic carbocycles. The van der Waals surface area contributed by atoms with Crippen LogP contribution in [0.25, 0.3) is 16.9 Å². The van der Waals surface area contributed by atoms with Gasteiger partial charge in [-0.3, -0.25) is 0 Å². The maximum Gasteiger partial charge on any atom is 0.332 e. The zero-order valence-corrected chi connectivity index (χ0v) is 14.2. The molecule has 3 N–H and O–H groups in total. The molecule has 0 saturated heterocycles. The molecule has 0 bridgehead atoms. The zero-order valence-electron chi connectivity index (χ0n) is 14.2. The molecule has 0 amide bonds. The van der Waals surface area contributed by atoms with Crippen LogP contribution >= 0.6 is 0 Å². The van der Waals surface area contributed by atoms with Crippen molar-refractivity contribution in [2.45, 2.75) is 6.42 Å². The number of phenolic OH excluding ortho intramolecular Hbond substituents is 1. The minimum atomic E-state index is -0.381. The van der Waals surface area contributed by atoms with Gasteiger partial charge in [-0.05, 0) is 30.2 Å². The number of benzene rings is 2. The first-order chi connectivity index (χ1) is 13.1. The lowest BCUT2D eigenvalue weighted by Crippen LogP contribution is -2.15. The Bertz CT molecular complexity index is 1170. The molecule has 0 aliphatic rings. The molecule has 7 nitrogen and oxygen atoms in total. The van der Waals surface area contributed by atoms with Gasteiger partial charge in [0.2, 0.25) is 5.95 Å².